The average Bonchev–Trinajstić information content (AvgIpc) is 3.36. The monoisotopic (exact) mass is 388 g/mol. The van der Waals surface area contributed by atoms with E-state index in [4.69, 9.17) is 9.47 Å². The van der Waals surface area contributed by atoms with Crippen molar-refractivity contribution in [2.24, 2.45) is 0 Å². The van der Waals surface area contributed by atoms with Gasteiger partial charge in [-0.15, -0.1) is 11.3 Å². The maximum Gasteiger partial charge on any atom is 0.321 e. The van der Waals surface area contributed by atoms with Crippen LogP contribution in [0.15, 0.2) is 30.5 Å². The number of carbonyl (C=O) groups excluding carboxylic acids is 1. The molecule has 1 aromatic heterocycles. The summed E-state index contributed by atoms with van der Waals surface area (Å²) in [6.07, 6.45) is 1.60. The van der Waals surface area contributed by atoms with Crippen LogP contribution >= 0.6 is 11.3 Å². The summed E-state index contributed by atoms with van der Waals surface area (Å²) in [4.78, 5) is 22.1. The number of carbonyl (C=O) groups is 1. The molecule has 0 spiro atoms. The van der Waals surface area contributed by atoms with Crippen LogP contribution in [0.4, 0.5) is 10.5 Å². The van der Waals surface area contributed by atoms with E-state index >= 15 is 0 Å². The van der Waals surface area contributed by atoms with Gasteiger partial charge in [-0.05, 0) is 19.1 Å². The topological polar surface area (TPSA) is 66.9 Å². The Labute approximate surface area is 162 Å². The molecule has 0 bridgehead atoms. The molecule has 8 heteroatoms. The predicted molar refractivity (Wildman–Crippen MR) is 104 cm³/mol. The number of hydrogen-bond donors (Lipinski definition) is 1. The van der Waals surface area contributed by atoms with Crippen LogP contribution in [0, 0.1) is 6.92 Å². The highest BCUT2D eigenvalue weighted by Crippen LogP contribution is 2.28. The van der Waals surface area contributed by atoms with Crippen LogP contribution in [0.1, 0.15) is 21.7 Å². The zero-order valence-corrected chi connectivity index (χ0v) is 16.2. The van der Waals surface area contributed by atoms with E-state index in [1.807, 2.05) is 42.3 Å². The lowest BCUT2D eigenvalue weighted by atomic mass is 10.2. The smallest absolute Gasteiger partial charge is 0.321 e. The maximum atomic E-state index is 12.4. The number of hydrogen-bond acceptors (Lipinski definition) is 6. The number of amides is 2. The normalized spacial score (nSPS) is 18.8. The zero-order chi connectivity index (χ0) is 18.6. The van der Waals surface area contributed by atoms with Gasteiger partial charge in [-0.1, -0.05) is 17.7 Å². The Balaban J connectivity index is 1.25. The van der Waals surface area contributed by atoms with Gasteiger partial charge in [0.1, 0.15) is 5.01 Å². The van der Waals surface area contributed by atoms with Gasteiger partial charge in [-0.2, -0.15) is 0 Å². The third kappa shape index (κ3) is 4.65. The molecule has 7 nitrogen and oxygen atoms in total. The maximum absolute atomic E-state index is 12.4. The summed E-state index contributed by atoms with van der Waals surface area (Å²) in [5.41, 5.74) is 2.01. The van der Waals surface area contributed by atoms with Crippen molar-refractivity contribution in [1.29, 1.82) is 0 Å². The highest BCUT2D eigenvalue weighted by Gasteiger charge is 2.24. The van der Waals surface area contributed by atoms with Gasteiger partial charge in [0, 0.05) is 38.1 Å². The average molecular weight is 388 g/mol. The van der Waals surface area contributed by atoms with Gasteiger partial charge in [0.2, 0.25) is 0 Å². The number of ether oxygens (including phenoxy) is 2. The van der Waals surface area contributed by atoms with E-state index < -0.39 is 0 Å². The first-order valence-electron chi connectivity index (χ1n) is 9.20. The van der Waals surface area contributed by atoms with Gasteiger partial charge in [-0.3, -0.25) is 4.90 Å². The number of aryl methyl sites for hydroxylation is 1. The van der Waals surface area contributed by atoms with Crippen molar-refractivity contribution in [2.75, 3.05) is 44.7 Å². The van der Waals surface area contributed by atoms with Gasteiger partial charge in [0.05, 0.1) is 24.6 Å². The number of nitrogens with zero attached hydrogens (tertiary/aromatic N) is 3. The number of thiazole rings is 1. The quantitative estimate of drug-likeness (QED) is 0.872. The fourth-order valence-corrected chi connectivity index (χ4v) is 4.13. The standard InChI is InChI=1S/C19H24N4O3S/c1-14-2-4-15(5-3-14)21-19(24)23-8-6-22(7-9-23)13-17-20-12-16(27-17)18-25-10-11-26-18/h2-5,12,18H,6-11,13H2,1H3,(H,21,24). The number of anilines is 1. The molecule has 0 radical (unpaired) electrons. The number of rotatable bonds is 4. The summed E-state index contributed by atoms with van der Waals surface area (Å²) in [5.74, 6) is 0. The van der Waals surface area contributed by atoms with Crippen molar-refractivity contribution in [2.45, 2.75) is 19.8 Å². The molecule has 0 saturated carbocycles. The van der Waals surface area contributed by atoms with E-state index in [9.17, 15) is 4.79 Å². The molecular formula is C19H24N4O3S. The first-order valence-corrected chi connectivity index (χ1v) is 10.0. The van der Waals surface area contributed by atoms with Crippen LogP contribution < -0.4 is 5.32 Å². The van der Waals surface area contributed by atoms with Crippen molar-refractivity contribution >= 4 is 23.1 Å². The third-order valence-corrected chi connectivity index (χ3v) is 5.75. The number of benzene rings is 1. The van der Waals surface area contributed by atoms with Gasteiger partial charge in [0.15, 0.2) is 6.29 Å². The number of nitrogens with one attached hydrogen (secondary N) is 1. The molecule has 0 aliphatic carbocycles. The second-order valence-electron chi connectivity index (χ2n) is 6.79. The van der Waals surface area contributed by atoms with Crippen LogP contribution in [0.3, 0.4) is 0 Å². The van der Waals surface area contributed by atoms with Gasteiger partial charge in [0.25, 0.3) is 0 Å². The van der Waals surface area contributed by atoms with Crippen molar-refractivity contribution in [3.63, 3.8) is 0 Å². The predicted octanol–water partition coefficient (Wildman–Crippen LogP) is 2.85. The minimum absolute atomic E-state index is 0.0365. The lowest BCUT2D eigenvalue weighted by Gasteiger charge is -2.34. The Morgan fingerprint density at radius 1 is 1.19 bits per heavy atom. The molecule has 4 rings (SSSR count). The zero-order valence-electron chi connectivity index (χ0n) is 15.4. The molecule has 2 amide bonds. The molecule has 2 aliphatic rings. The second-order valence-corrected chi connectivity index (χ2v) is 7.94. The van der Waals surface area contributed by atoms with Crippen LogP contribution in [-0.4, -0.2) is 60.2 Å². The molecule has 2 aliphatic heterocycles. The molecule has 0 atom stereocenters. The molecule has 2 aromatic rings. The van der Waals surface area contributed by atoms with Crippen molar-refractivity contribution in [3.05, 3.63) is 45.9 Å². The summed E-state index contributed by atoms with van der Waals surface area (Å²) in [6.45, 7) is 7.22. The summed E-state index contributed by atoms with van der Waals surface area (Å²) >= 11 is 1.64. The van der Waals surface area contributed by atoms with E-state index in [0.29, 0.717) is 26.3 Å². The highest BCUT2D eigenvalue weighted by atomic mass is 32.1. The summed E-state index contributed by atoms with van der Waals surface area (Å²) in [7, 11) is 0. The van der Waals surface area contributed by atoms with Gasteiger partial charge >= 0.3 is 6.03 Å². The third-order valence-electron chi connectivity index (χ3n) is 4.75. The van der Waals surface area contributed by atoms with Crippen LogP contribution in [0.2, 0.25) is 0 Å². The minimum atomic E-state index is -0.251. The Morgan fingerprint density at radius 3 is 2.59 bits per heavy atom. The Hall–Kier alpha value is -2.00. The van der Waals surface area contributed by atoms with Gasteiger partial charge in [-0.25, -0.2) is 9.78 Å². The summed E-state index contributed by atoms with van der Waals surface area (Å²) in [5, 5.41) is 4.03. The van der Waals surface area contributed by atoms with E-state index in [-0.39, 0.29) is 12.3 Å². The summed E-state index contributed by atoms with van der Waals surface area (Å²) in [6, 6.07) is 7.82. The number of aromatic nitrogens is 1. The SMILES string of the molecule is Cc1ccc(NC(=O)N2CCN(Cc3ncc(C4OCCO4)s3)CC2)cc1. The molecule has 1 aromatic carbocycles. The van der Waals surface area contributed by atoms with Crippen molar-refractivity contribution in [3.8, 4) is 0 Å². The largest absolute Gasteiger partial charge is 0.345 e. The Morgan fingerprint density at radius 2 is 1.89 bits per heavy atom. The molecule has 3 heterocycles. The Bertz CT molecular complexity index is 766. The van der Waals surface area contributed by atoms with E-state index in [1.54, 1.807) is 11.3 Å². The van der Waals surface area contributed by atoms with E-state index in [1.165, 1.54) is 5.56 Å². The fourth-order valence-electron chi connectivity index (χ4n) is 3.17. The molecular weight excluding hydrogens is 364 g/mol. The van der Waals surface area contributed by atoms with E-state index in [0.717, 1.165) is 35.2 Å². The van der Waals surface area contributed by atoms with Crippen molar-refractivity contribution < 1.29 is 14.3 Å². The first-order chi connectivity index (χ1) is 13.2. The molecule has 2 fully saturated rings. The molecule has 2 saturated heterocycles. The fraction of sp³-hybridized carbons (Fsp3) is 0.474. The summed E-state index contributed by atoms with van der Waals surface area (Å²) < 4.78 is 11.0. The van der Waals surface area contributed by atoms with Crippen LogP contribution in [-0.2, 0) is 16.0 Å². The van der Waals surface area contributed by atoms with Gasteiger partial charge < -0.3 is 19.7 Å². The second kappa shape index (κ2) is 8.35. The Kier molecular flexibility index (Phi) is 5.68. The highest BCUT2D eigenvalue weighted by molar-refractivity contribution is 7.11. The molecule has 1 N–H and O–H groups in total. The molecule has 144 valence electrons. The number of urea groups is 1. The lowest BCUT2D eigenvalue weighted by Crippen LogP contribution is -2.49. The molecule has 0 unspecified atom stereocenters. The number of piperazine rings is 1. The minimum Gasteiger partial charge on any atom is -0.345 e. The van der Waals surface area contributed by atoms with Crippen LogP contribution in [0.5, 0.6) is 0 Å². The van der Waals surface area contributed by atoms with Crippen molar-refractivity contribution in [1.82, 2.24) is 14.8 Å². The molecule has 27 heavy (non-hydrogen) atoms. The lowest BCUT2D eigenvalue weighted by molar-refractivity contribution is -0.0414. The van der Waals surface area contributed by atoms with E-state index in [2.05, 4.69) is 15.2 Å². The first kappa shape index (κ1) is 18.4. The van der Waals surface area contributed by atoms with Crippen LogP contribution in [0.25, 0.3) is 0 Å².